The van der Waals surface area contributed by atoms with Crippen molar-refractivity contribution in [3.8, 4) is 0 Å². The number of nitrogens with zero attached hydrogens (tertiary/aromatic N) is 3. The molecule has 0 saturated carbocycles. The van der Waals surface area contributed by atoms with E-state index in [1.54, 1.807) is 36.4 Å². The number of carbonyl (C=O) groups excluding carboxylic acids is 2. The number of hydrogen-bond acceptors (Lipinski definition) is 5. The fourth-order valence-electron chi connectivity index (χ4n) is 2.20. The van der Waals surface area contributed by atoms with Crippen LogP contribution < -0.4 is 15.5 Å². The Balaban J connectivity index is 1.97. The first-order chi connectivity index (χ1) is 12.0. The predicted molar refractivity (Wildman–Crippen MR) is 98.9 cm³/mol. The van der Waals surface area contributed by atoms with E-state index in [0.717, 1.165) is 25.2 Å². The third-order valence-electron chi connectivity index (χ3n) is 3.58. The molecular weight excluding hydrogens is 318 g/mol. The van der Waals surface area contributed by atoms with Gasteiger partial charge in [-0.05, 0) is 42.8 Å². The molecule has 25 heavy (non-hydrogen) atoms. The zero-order chi connectivity index (χ0) is 18.2. The maximum absolute atomic E-state index is 12.2. The van der Waals surface area contributed by atoms with Crippen LogP contribution in [0, 0.1) is 0 Å². The van der Waals surface area contributed by atoms with Crippen molar-refractivity contribution in [3.05, 3.63) is 42.1 Å². The molecule has 7 nitrogen and oxygen atoms in total. The second-order valence-corrected chi connectivity index (χ2v) is 5.76. The molecule has 1 aromatic heterocycles. The van der Waals surface area contributed by atoms with Gasteiger partial charge in [0.1, 0.15) is 0 Å². The highest BCUT2D eigenvalue weighted by Crippen LogP contribution is 2.15. The lowest BCUT2D eigenvalue weighted by atomic mass is 10.2. The molecule has 1 aromatic carbocycles. The first-order valence-electron chi connectivity index (χ1n) is 8.23. The summed E-state index contributed by atoms with van der Waals surface area (Å²) in [7, 11) is 1.95. The summed E-state index contributed by atoms with van der Waals surface area (Å²) in [4.78, 5) is 25.2. The van der Waals surface area contributed by atoms with Crippen LogP contribution in [0.15, 0.2) is 36.4 Å². The maximum atomic E-state index is 12.2. The molecule has 2 N–H and O–H groups in total. The summed E-state index contributed by atoms with van der Waals surface area (Å²) in [5.41, 5.74) is 1.54. The van der Waals surface area contributed by atoms with Crippen LogP contribution in [0.4, 0.5) is 17.2 Å². The lowest BCUT2D eigenvalue weighted by molar-refractivity contribution is -0.114. The molecule has 2 amide bonds. The minimum atomic E-state index is -0.331. The molecular formula is C18H23N5O2. The van der Waals surface area contributed by atoms with E-state index in [9.17, 15) is 9.59 Å². The molecule has 0 spiro atoms. The van der Waals surface area contributed by atoms with Gasteiger partial charge in [0.25, 0.3) is 5.91 Å². The smallest absolute Gasteiger partial charge is 0.276 e. The molecule has 0 radical (unpaired) electrons. The number of anilines is 3. The molecule has 0 aliphatic rings. The van der Waals surface area contributed by atoms with Crippen molar-refractivity contribution in [1.82, 2.24) is 10.2 Å². The summed E-state index contributed by atoms with van der Waals surface area (Å²) in [6.07, 6.45) is 2.19. The fraction of sp³-hybridized carbons (Fsp3) is 0.333. The van der Waals surface area contributed by atoms with Gasteiger partial charge in [-0.3, -0.25) is 9.59 Å². The number of unbranched alkanes of at least 4 members (excludes halogenated alkanes) is 1. The minimum absolute atomic E-state index is 0.143. The summed E-state index contributed by atoms with van der Waals surface area (Å²) in [5.74, 6) is 0.267. The number of aromatic nitrogens is 2. The van der Waals surface area contributed by atoms with Crippen molar-refractivity contribution >= 4 is 29.0 Å². The van der Waals surface area contributed by atoms with Gasteiger partial charge in [-0.25, -0.2) is 0 Å². The van der Waals surface area contributed by atoms with Gasteiger partial charge in [0.05, 0.1) is 0 Å². The van der Waals surface area contributed by atoms with Crippen molar-refractivity contribution in [2.45, 2.75) is 26.7 Å². The standard InChI is InChI=1S/C18H23N5O2/c1-4-5-12-23(3)17-11-10-16(21-22-17)18(25)20-15-8-6-14(7-9-15)19-13(2)24/h6-11H,4-5,12H2,1-3H3,(H,19,24)(H,20,25). The van der Waals surface area contributed by atoms with Gasteiger partial charge < -0.3 is 15.5 Å². The molecule has 2 rings (SSSR count). The molecule has 1 heterocycles. The van der Waals surface area contributed by atoms with E-state index in [4.69, 9.17) is 0 Å². The highest BCUT2D eigenvalue weighted by molar-refractivity contribution is 6.03. The largest absolute Gasteiger partial charge is 0.358 e. The molecule has 0 bridgehead atoms. The topological polar surface area (TPSA) is 87.2 Å². The van der Waals surface area contributed by atoms with Crippen LogP contribution in [0.1, 0.15) is 37.2 Å². The molecule has 0 atom stereocenters. The Labute approximate surface area is 147 Å². The Bertz CT molecular complexity index is 713. The second-order valence-electron chi connectivity index (χ2n) is 5.76. The lowest BCUT2D eigenvalue weighted by Gasteiger charge is -2.16. The number of carbonyl (C=O) groups is 2. The van der Waals surface area contributed by atoms with E-state index in [1.807, 2.05) is 11.9 Å². The van der Waals surface area contributed by atoms with Gasteiger partial charge in [-0.2, -0.15) is 0 Å². The van der Waals surface area contributed by atoms with Crippen molar-refractivity contribution in [3.63, 3.8) is 0 Å². The number of rotatable bonds is 7. The molecule has 0 fully saturated rings. The lowest BCUT2D eigenvalue weighted by Crippen LogP contribution is -2.21. The van der Waals surface area contributed by atoms with E-state index < -0.39 is 0 Å². The monoisotopic (exact) mass is 341 g/mol. The molecule has 0 aliphatic carbocycles. The minimum Gasteiger partial charge on any atom is -0.358 e. The van der Waals surface area contributed by atoms with Crippen LogP contribution in [-0.4, -0.2) is 35.6 Å². The Morgan fingerprint density at radius 2 is 1.64 bits per heavy atom. The highest BCUT2D eigenvalue weighted by Gasteiger charge is 2.10. The molecule has 0 saturated heterocycles. The molecule has 7 heteroatoms. The zero-order valence-electron chi connectivity index (χ0n) is 14.7. The normalized spacial score (nSPS) is 10.2. The first-order valence-corrected chi connectivity index (χ1v) is 8.23. The number of amides is 2. The van der Waals surface area contributed by atoms with Crippen molar-refractivity contribution in [2.24, 2.45) is 0 Å². The Kier molecular flexibility index (Phi) is 6.45. The summed E-state index contributed by atoms with van der Waals surface area (Å²) in [5, 5.41) is 13.5. The van der Waals surface area contributed by atoms with Gasteiger partial charge in [-0.15, -0.1) is 10.2 Å². The first kappa shape index (κ1) is 18.4. The molecule has 2 aromatic rings. The van der Waals surface area contributed by atoms with Crippen molar-refractivity contribution in [1.29, 1.82) is 0 Å². The SMILES string of the molecule is CCCCN(C)c1ccc(C(=O)Nc2ccc(NC(C)=O)cc2)nn1. The highest BCUT2D eigenvalue weighted by atomic mass is 16.2. The van der Waals surface area contributed by atoms with E-state index in [0.29, 0.717) is 11.4 Å². The molecule has 132 valence electrons. The third kappa shape index (κ3) is 5.56. The average Bonchev–Trinajstić information content (AvgIpc) is 2.61. The van der Waals surface area contributed by atoms with Gasteiger partial charge in [0, 0.05) is 31.9 Å². The zero-order valence-corrected chi connectivity index (χ0v) is 14.7. The van der Waals surface area contributed by atoms with Crippen molar-refractivity contribution in [2.75, 3.05) is 29.1 Å². The van der Waals surface area contributed by atoms with E-state index >= 15 is 0 Å². The van der Waals surface area contributed by atoms with Crippen LogP contribution in [0.5, 0.6) is 0 Å². The average molecular weight is 341 g/mol. The third-order valence-corrected chi connectivity index (χ3v) is 3.58. The number of benzene rings is 1. The summed E-state index contributed by atoms with van der Waals surface area (Å²) in [6, 6.07) is 10.3. The van der Waals surface area contributed by atoms with Crippen LogP contribution in [0.2, 0.25) is 0 Å². The number of nitrogens with one attached hydrogen (secondary N) is 2. The van der Waals surface area contributed by atoms with Gasteiger partial charge >= 0.3 is 0 Å². The van der Waals surface area contributed by atoms with Gasteiger partial charge in [0.2, 0.25) is 5.91 Å². The van der Waals surface area contributed by atoms with E-state index in [-0.39, 0.29) is 17.5 Å². The van der Waals surface area contributed by atoms with Crippen molar-refractivity contribution < 1.29 is 9.59 Å². The van der Waals surface area contributed by atoms with E-state index in [2.05, 4.69) is 27.8 Å². The van der Waals surface area contributed by atoms with Crippen LogP contribution >= 0.6 is 0 Å². The van der Waals surface area contributed by atoms with Gasteiger partial charge in [-0.1, -0.05) is 13.3 Å². The van der Waals surface area contributed by atoms with Crippen LogP contribution in [0.3, 0.4) is 0 Å². The fourth-order valence-corrected chi connectivity index (χ4v) is 2.20. The Hall–Kier alpha value is -2.96. The molecule has 0 unspecified atom stereocenters. The predicted octanol–water partition coefficient (Wildman–Crippen LogP) is 2.92. The van der Waals surface area contributed by atoms with Crippen LogP contribution in [-0.2, 0) is 4.79 Å². The maximum Gasteiger partial charge on any atom is 0.276 e. The Morgan fingerprint density at radius 3 is 2.16 bits per heavy atom. The van der Waals surface area contributed by atoms with E-state index in [1.165, 1.54) is 6.92 Å². The summed E-state index contributed by atoms with van der Waals surface area (Å²) >= 11 is 0. The molecule has 0 aliphatic heterocycles. The quantitative estimate of drug-likeness (QED) is 0.808. The Morgan fingerprint density at radius 1 is 1.00 bits per heavy atom. The van der Waals surface area contributed by atoms with Gasteiger partial charge in [0.15, 0.2) is 11.5 Å². The second kappa shape index (κ2) is 8.77. The number of hydrogen-bond donors (Lipinski definition) is 2. The summed E-state index contributed by atoms with van der Waals surface area (Å²) < 4.78 is 0. The van der Waals surface area contributed by atoms with Crippen LogP contribution in [0.25, 0.3) is 0 Å². The summed E-state index contributed by atoms with van der Waals surface area (Å²) in [6.45, 7) is 4.48.